The molecule has 0 atom stereocenters. The number of amides is 1. The standard InChI is InChI=1S/C17H21NO2S/c1-3-14(4-2)18-17(19)13-7-5-8-15(11-13)20-12-16-9-6-10-21-16/h5-11,14H,3-4,12H2,1-2H3,(H,18,19). The third kappa shape index (κ3) is 4.60. The second kappa shape index (κ2) is 7.84. The van der Waals surface area contributed by atoms with Gasteiger partial charge in [-0.3, -0.25) is 4.79 Å². The minimum Gasteiger partial charge on any atom is -0.488 e. The highest BCUT2D eigenvalue weighted by Crippen LogP contribution is 2.17. The van der Waals surface area contributed by atoms with Crippen LogP contribution in [-0.4, -0.2) is 11.9 Å². The molecule has 3 nitrogen and oxygen atoms in total. The van der Waals surface area contributed by atoms with E-state index in [1.165, 1.54) is 4.88 Å². The fourth-order valence-corrected chi connectivity index (χ4v) is 2.65. The molecule has 0 radical (unpaired) electrons. The number of ether oxygens (including phenoxy) is 1. The first-order valence-corrected chi connectivity index (χ1v) is 8.17. The minimum absolute atomic E-state index is 0.0368. The summed E-state index contributed by atoms with van der Waals surface area (Å²) in [6, 6.07) is 11.6. The topological polar surface area (TPSA) is 38.3 Å². The average molecular weight is 303 g/mol. The first kappa shape index (κ1) is 15.6. The van der Waals surface area contributed by atoms with E-state index < -0.39 is 0 Å². The van der Waals surface area contributed by atoms with Gasteiger partial charge < -0.3 is 10.1 Å². The van der Waals surface area contributed by atoms with Crippen molar-refractivity contribution in [1.29, 1.82) is 0 Å². The average Bonchev–Trinajstić information content (AvgIpc) is 3.04. The van der Waals surface area contributed by atoms with E-state index in [9.17, 15) is 4.79 Å². The van der Waals surface area contributed by atoms with Crippen molar-refractivity contribution < 1.29 is 9.53 Å². The van der Waals surface area contributed by atoms with E-state index in [0.717, 1.165) is 18.6 Å². The van der Waals surface area contributed by atoms with Crippen LogP contribution in [0.15, 0.2) is 41.8 Å². The molecule has 1 N–H and O–H groups in total. The van der Waals surface area contributed by atoms with E-state index in [0.29, 0.717) is 12.2 Å². The third-order valence-electron chi connectivity index (χ3n) is 3.38. The molecular formula is C17H21NO2S. The summed E-state index contributed by atoms with van der Waals surface area (Å²) in [4.78, 5) is 13.4. The molecule has 0 spiro atoms. The van der Waals surface area contributed by atoms with E-state index in [1.54, 1.807) is 17.4 Å². The van der Waals surface area contributed by atoms with Crippen molar-refractivity contribution >= 4 is 17.2 Å². The third-order valence-corrected chi connectivity index (χ3v) is 4.23. The SMILES string of the molecule is CCC(CC)NC(=O)c1cccc(OCc2cccs2)c1. The van der Waals surface area contributed by atoms with Gasteiger partial charge in [-0.2, -0.15) is 0 Å². The predicted octanol–water partition coefficient (Wildman–Crippen LogP) is 4.25. The van der Waals surface area contributed by atoms with E-state index in [1.807, 2.05) is 35.7 Å². The normalized spacial score (nSPS) is 10.6. The maximum absolute atomic E-state index is 12.2. The summed E-state index contributed by atoms with van der Waals surface area (Å²) in [6.45, 7) is 4.69. The summed E-state index contributed by atoms with van der Waals surface area (Å²) in [5.41, 5.74) is 0.644. The molecule has 0 saturated carbocycles. The van der Waals surface area contributed by atoms with Gasteiger partial charge >= 0.3 is 0 Å². The fraction of sp³-hybridized carbons (Fsp3) is 0.353. The van der Waals surface area contributed by atoms with Gasteiger partial charge in [-0.05, 0) is 42.5 Å². The number of hydrogen-bond donors (Lipinski definition) is 1. The molecule has 1 amide bonds. The predicted molar refractivity (Wildman–Crippen MR) is 86.9 cm³/mol. The molecule has 4 heteroatoms. The van der Waals surface area contributed by atoms with Crippen molar-refractivity contribution in [2.24, 2.45) is 0 Å². The van der Waals surface area contributed by atoms with Crippen molar-refractivity contribution in [1.82, 2.24) is 5.32 Å². The highest BCUT2D eigenvalue weighted by Gasteiger charge is 2.11. The maximum Gasteiger partial charge on any atom is 0.251 e. The summed E-state index contributed by atoms with van der Waals surface area (Å²) in [5.74, 6) is 0.686. The minimum atomic E-state index is -0.0368. The highest BCUT2D eigenvalue weighted by molar-refractivity contribution is 7.09. The lowest BCUT2D eigenvalue weighted by molar-refractivity contribution is 0.0934. The van der Waals surface area contributed by atoms with Gasteiger partial charge in [0.05, 0.1) is 0 Å². The van der Waals surface area contributed by atoms with Gasteiger partial charge in [-0.1, -0.05) is 26.0 Å². The molecule has 21 heavy (non-hydrogen) atoms. The molecule has 2 rings (SSSR count). The second-order valence-corrected chi connectivity index (χ2v) is 5.91. The van der Waals surface area contributed by atoms with Crippen molar-refractivity contribution in [2.45, 2.75) is 39.3 Å². The molecular weight excluding hydrogens is 282 g/mol. The summed E-state index contributed by atoms with van der Waals surface area (Å²) in [6.07, 6.45) is 1.88. The maximum atomic E-state index is 12.2. The Morgan fingerprint density at radius 3 is 2.71 bits per heavy atom. The molecule has 0 aliphatic carbocycles. The Kier molecular flexibility index (Phi) is 5.81. The molecule has 0 bridgehead atoms. The van der Waals surface area contributed by atoms with E-state index >= 15 is 0 Å². The van der Waals surface area contributed by atoms with Crippen LogP contribution >= 0.6 is 11.3 Å². The van der Waals surface area contributed by atoms with Gasteiger partial charge in [0, 0.05) is 16.5 Å². The fourth-order valence-electron chi connectivity index (χ4n) is 2.04. The Balaban J connectivity index is 1.98. The molecule has 112 valence electrons. The lowest BCUT2D eigenvalue weighted by Gasteiger charge is -2.15. The Hall–Kier alpha value is -1.81. The summed E-state index contributed by atoms with van der Waals surface area (Å²) in [5, 5.41) is 5.06. The number of thiophene rings is 1. The van der Waals surface area contributed by atoms with Crippen LogP contribution in [0.1, 0.15) is 41.9 Å². The van der Waals surface area contributed by atoms with Crippen LogP contribution in [0.3, 0.4) is 0 Å². The molecule has 1 heterocycles. The second-order valence-electron chi connectivity index (χ2n) is 4.88. The number of hydrogen-bond acceptors (Lipinski definition) is 3. The molecule has 0 saturated heterocycles. The van der Waals surface area contributed by atoms with Crippen molar-refractivity contribution in [3.8, 4) is 5.75 Å². The Morgan fingerprint density at radius 2 is 2.05 bits per heavy atom. The van der Waals surface area contributed by atoms with Crippen LogP contribution in [0, 0.1) is 0 Å². The lowest BCUT2D eigenvalue weighted by Crippen LogP contribution is -2.33. The van der Waals surface area contributed by atoms with E-state index in [4.69, 9.17) is 4.74 Å². The number of carbonyl (C=O) groups excluding carboxylic acids is 1. The van der Waals surface area contributed by atoms with Crippen LogP contribution in [0.4, 0.5) is 0 Å². The zero-order valence-corrected chi connectivity index (χ0v) is 13.3. The quantitative estimate of drug-likeness (QED) is 0.830. The summed E-state index contributed by atoms with van der Waals surface area (Å²) in [7, 11) is 0. The van der Waals surface area contributed by atoms with Gasteiger partial charge in [0.15, 0.2) is 0 Å². The lowest BCUT2D eigenvalue weighted by atomic mass is 10.1. The molecule has 0 aliphatic rings. The van der Waals surface area contributed by atoms with Gasteiger partial charge in [-0.25, -0.2) is 0 Å². The molecule has 0 unspecified atom stereocenters. The van der Waals surface area contributed by atoms with Crippen LogP contribution in [-0.2, 0) is 6.61 Å². The summed E-state index contributed by atoms with van der Waals surface area (Å²) < 4.78 is 5.73. The molecule has 1 aromatic carbocycles. The molecule has 1 aromatic heterocycles. The van der Waals surface area contributed by atoms with Crippen LogP contribution in [0.25, 0.3) is 0 Å². The van der Waals surface area contributed by atoms with Crippen molar-refractivity contribution in [3.63, 3.8) is 0 Å². The number of nitrogens with one attached hydrogen (secondary N) is 1. The van der Waals surface area contributed by atoms with Gasteiger partial charge in [0.1, 0.15) is 12.4 Å². The van der Waals surface area contributed by atoms with E-state index in [2.05, 4.69) is 19.2 Å². The van der Waals surface area contributed by atoms with Crippen molar-refractivity contribution in [2.75, 3.05) is 0 Å². The highest BCUT2D eigenvalue weighted by atomic mass is 32.1. The smallest absolute Gasteiger partial charge is 0.251 e. The van der Waals surface area contributed by atoms with Crippen LogP contribution in [0.2, 0.25) is 0 Å². The number of rotatable bonds is 7. The summed E-state index contributed by atoms with van der Waals surface area (Å²) >= 11 is 1.66. The number of benzene rings is 1. The Bertz CT molecular complexity index is 562. The molecule has 2 aromatic rings. The Labute approximate surface area is 130 Å². The zero-order chi connectivity index (χ0) is 15.1. The van der Waals surface area contributed by atoms with Crippen LogP contribution < -0.4 is 10.1 Å². The van der Waals surface area contributed by atoms with Crippen LogP contribution in [0.5, 0.6) is 5.75 Å². The zero-order valence-electron chi connectivity index (χ0n) is 12.5. The van der Waals surface area contributed by atoms with Crippen molar-refractivity contribution in [3.05, 3.63) is 52.2 Å². The number of carbonyl (C=O) groups is 1. The van der Waals surface area contributed by atoms with E-state index in [-0.39, 0.29) is 11.9 Å². The van der Waals surface area contributed by atoms with Gasteiger partial charge in [0.2, 0.25) is 0 Å². The monoisotopic (exact) mass is 303 g/mol. The Morgan fingerprint density at radius 1 is 1.24 bits per heavy atom. The van der Waals surface area contributed by atoms with Gasteiger partial charge in [0.25, 0.3) is 5.91 Å². The first-order chi connectivity index (χ1) is 10.2. The first-order valence-electron chi connectivity index (χ1n) is 7.29. The molecule has 0 aliphatic heterocycles. The molecule has 0 fully saturated rings. The largest absolute Gasteiger partial charge is 0.488 e. The van der Waals surface area contributed by atoms with Gasteiger partial charge in [-0.15, -0.1) is 11.3 Å².